The Hall–Kier alpha value is -2.98. The smallest absolute Gasteiger partial charge is 0.200 e. The van der Waals surface area contributed by atoms with Crippen molar-refractivity contribution in [2.75, 3.05) is 0 Å². The molecule has 1 aliphatic rings. The molecule has 114 valence electrons. The lowest BCUT2D eigenvalue weighted by molar-refractivity contribution is 0.105. The molecule has 1 N–H and O–H groups in total. The number of aromatic nitrogens is 1. The number of thiazole rings is 1. The molecule has 3 nitrogen and oxygen atoms in total. The fraction of sp³-hybridized carbons (Fsp3) is 0. The van der Waals surface area contributed by atoms with Gasteiger partial charge in [0, 0.05) is 16.5 Å². The number of fused-ring (bicyclic) bond motifs is 4. The van der Waals surface area contributed by atoms with Gasteiger partial charge in [-0.1, -0.05) is 54.6 Å². The Morgan fingerprint density at radius 2 is 1.62 bits per heavy atom. The maximum Gasteiger partial charge on any atom is 0.200 e. The van der Waals surface area contributed by atoms with E-state index >= 15 is 0 Å². The van der Waals surface area contributed by atoms with Crippen LogP contribution in [-0.4, -0.2) is 15.9 Å². The van der Waals surface area contributed by atoms with Crippen LogP contribution in [0.15, 0.2) is 60.7 Å². The summed E-state index contributed by atoms with van der Waals surface area (Å²) in [6, 6.07) is 19.2. The molecule has 0 unspecified atom stereocenters. The molecule has 0 saturated heterocycles. The van der Waals surface area contributed by atoms with Gasteiger partial charge in [-0.05, 0) is 11.5 Å². The Balaban J connectivity index is 1.78. The average molecular weight is 329 g/mol. The molecule has 0 atom stereocenters. The third kappa shape index (κ3) is 1.71. The van der Waals surface area contributed by atoms with Crippen molar-refractivity contribution in [3.8, 4) is 0 Å². The molecule has 5 rings (SSSR count). The van der Waals surface area contributed by atoms with E-state index in [2.05, 4.69) is 17.1 Å². The number of aliphatic hydroxyl groups excluding tert-OH is 1. The van der Waals surface area contributed by atoms with Crippen LogP contribution in [-0.2, 0) is 0 Å². The average Bonchev–Trinajstić information content (AvgIpc) is 3.15. The standard InChI is InChI=1S/C20H11NO2S/c22-17-13-7-3-4-8-14(13)18(23)16(17)20-21-15-10-9-11-5-1-2-6-12(11)19(15)24-20/h1-10,22H. The highest BCUT2D eigenvalue weighted by atomic mass is 32.1. The minimum atomic E-state index is -0.161. The molecular formula is C20H11NO2S. The molecule has 0 saturated carbocycles. The maximum atomic E-state index is 12.7. The van der Waals surface area contributed by atoms with Crippen molar-refractivity contribution in [2.24, 2.45) is 0 Å². The number of aliphatic hydroxyl groups is 1. The van der Waals surface area contributed by atoms with Gasteiger partial charge in [-0.15, -0.1) is 11.3 Å². The van der Waals surface area contributed by atoms with E-state index in [1.54, 1.807) is 18.2 Å². The molecular weight excluding hydrogens is 318 g/mol. The lowest BCUT2D eigenvalue weighted by Gasteiger charge is -1.96. The predicted octanol–water partition coefficient (Wildman–Crippen LogP) is 5.07. The van der Waals surface area contributed by atoms with E-state index < -0.39 is 0 Å². The van der Waals surface area contributed by atoms with Gasteiger partial charge in [-0.3, -0.25) is 4.79 Å². The van der Waals surface area contributed by atoms with E-state index in [-0.39, 0.29) is 11.5 Å². The number of carbonyl (C=O) groups excluding carboxylic acids is 1. The van der Waals surface area contributed by atoms with Crippen LogP contribution < -0.4 is 0 Å². The monoisotopic (exact) mass is 329 g/mol. The van der Waals surface area contributed by atoms with Gasteiger partial charge in [0.25, 0.3) is 0 Å². The Kier molecular flexibility index (Phi) is 2.67. The molecule has 0 spiro atoms. The Morgan fingerprint density at radius 1 is 0.875 bits per heavy atom. The minimum Gasteiger partial charge on any atom is -0.506 e. The first-order valence-electron chi connectivity index (χ1n) is 7.60. The molecule has 0 radical (unpaired) electrons. The van der Waals surface area contributed by atoms with E-state index in [4.69, 9.17) is 0 Å². The highest BCUT2D eigenvalue weighted by Gasteiger charge is 2.32. The van der Waals surface area contributed by atoms with Crippen molar-refractivity contribution in [1.82, 2.24) is 4.98 Å². The normalized spacial score (nSPS) is 13.9. The number of rotatable bonds is 1. The summed E-state index contributed by atoms with van der Waals surface area (Å²) in [4.78, 5) is 17.3. The van der Waals surface area contributed by atoms with E-state index in [0.29, 0.717) is 21.7 Å². The van der Waals surface area contributed by atoms with Crippen LogP contribution in [0.4, 0.5) is 0 Å². The Bertz CT molecular complexity index is 1190. The van der Waals surface area contributed by atoms with Gasteiger partial charge in [0.1, 0.15) is 16.3 Å². The number of ketones is 1. The van der Waals surface area contributed by atoms with E-state index in [1.165, 1.54) is 11.3 Å². The van der Waals surface area contributed by atoms with Crippen LogP contribution in [0, 0.1) is 0 Å². The summed E-state index contributed by atoms with van der Waals surface area (Å²) in [5, 5.41) is 13.3. The number of Topliss-reactive ketones (excluding diaryl/α,β-unsaturated/α-hetero) is 1. The van der Waals surface area contributed by atoms with Gasteiger partial charge in [-0.2, -0.15) is 0 Å². The zero-order valence-electron chi connectivity index (χ0n) is 12.5. The Morgan fingerprint density at radius 3 is 2.46 bits per heavy atom. The number of nitrogens with zero attached hydrogens (tertiary/aromatic N) is 1. The predicted molar refractivity (Wildman–Crippen MR) is 97.3 cm³/mol. The SMILES string of the molecule is O=C1C(c2nc3ccc4ccccc4c3s2)=C(O)c2ccccc21. The topological polar surface area (TPSA) is 50.2 Å². The lowest BCUT2D eigenvalue weighted by atomic mass is 10.1. The number of carbonyl (C=O) groups is 1. The zero-order chi connectivity index (χ0) is 16.3. The molecule has 4 aromatic rings. The third-order valence-corrected chi connectivity index (χ3v) is 5.51. The molecule has 24 heavy (non-hydrogen) atoms. The quantitative estimate of drug-likeness (QED) is 0.530. The number of hydrogen-bond acceptors (Lipinski definition) is 4. The number of benzene rings is 3. The van der Waals surface area contributed by atoms with E-state index in [0.717, 1.165) is 21.0 Å². The largest absolute Gasteiger partial charge is 0.506 e. The van der Waals surface area contributed by atoms with Crippen molar-refractivity contribution < 1.29 is 9.90 Å². The van der Waals surface area contributed by atoms with Crippen LogP contribution in [0.25, 0.3) is 32.3 Å². The molecule has 1 heterocycles. The first-order chi connectivity index (χ1) is 11.7. The second kappa shape index (κ2) is 4.76. The summed E-state index contributed by atoms with van der Waals surface area (Å²) >= 11 is 1.45. The highest BCUT2D eigenvalue weighted by molar-refractivity contribution is 7.21. The molecule has 0 aliphatic heterocycles. The molecule has 0 amide bonds. The van der Waals surface area contributed by atoms with E-state index in [9.17, 15) is 9.90 Å². The molecule has 3 aromatic carbocycles. The van der Waals surface area contributed by atoms with Crippen molar-refractivity contribution in [1.29, 1.82) is 0 Å². The molecule has 0 bridgehead atoms. The highest BCUT2D eigenvalue weighted by Crippen LogP contribution is 2.40. The second-order valence-electron chi connectivity index (χ2n) is 5.75. The van der Waals surface area contributed by atoms with Gasteiger partial charge in [0.05, 0.1) is 10.2 Å². The van der Waals surface area contributed by atoms with Gasteiger partial charge in [-0.25, -0.2) is 4.98 Å². The van der Waals surface area contributed by atoms with Crippen LogP contribution in [0.2, 0.25) is 0 Å². The zero-order valence-corrected chi connectivity index (χ0v) is 13.3. The van der Waals surface area contributed by atoms with Crippen LogP contribution in [0.5, 0.6) is 0 Å². The Labute approximate surface area is 141 Å². The molecule has 4 heteroatoms. The van der Waals surface area contributed by atoms with Gasteiger partial charge < -0.3 is 5.11 Å². The first kappa shape index (κ1) is 13.5. The van der Waals surface area contributed by atoms with Gasteiger partial charge >= 0.3 is 0 Å². The minimum absolute atomic E-state index is 0.0268. The maximum absolute atomic E-state index is 12.7. The lowest BCUT2D eigenvalue weighted by Crippen LogP contribution is -1.97. The first-order valence-corrected chi connectivity index (χ1v) is 8.42. The van der Waals surface area contributed by atoms with Crippen LogP contribution in [0.3, 0.4) is 0 Å². The summed E-state index contributed by atoms with van der Waals surface area (Å²) in [6.07, 6.45) is 0. The van der Waals surface area contributed by atoms with Crippen molar-refractivity contribution >= 4 is 49.4 Å². The van der Waals surface area contributed by atoms with Crippen molar-refractivity contribution in [3.05, 3.63) is 76.8 Å². The van der Waals surface area contributed by atoms with Crippen LogP contribution in [0.1, 0.15) is 20.9 Å². The van der Waals surface area contributed by atoms with E-state index in [1.807, 2.05) is 30.3 Å². The second-order valence-corrected chi connectivity index (χ2v) is 6.75. The van der Waals surface area contributed by atoms with Crippen molar-refractivity contribution in [2.45, 2.75) is 0 Å². The van der Waals surface area contributed by atoms with Crippen LogP contribution >= 0.6 is 11.3 Å². The third-order valence-electron chi connectivity index (χ3n) is 4.38. The van der Waals surface area contributed by atoms with Gasteiger partial charge in [0.2, 0.25) is 5.78 Å². The summed E-state index contributed by atoms with van der Waals surface area (Å²) < 4.78 is 1.03. The van der Waals surface area contributed by atoms with Gasteiger partial charge in [0.15, 0.2) is 0 Å². The fourth-order valence-electron chi connectivity index (χ4n) is 3.23. The summed E-state index contributed by atoms with van der Waals surface area (Å²) in [5.74, 6) is -0.134. The fourth-order valence-corrected chi connectivity index (χ4v) is 4.37. The number of allylic oxidation sites excluding steroid dienone is 1. The summed E-state index contributed by atoms with van der Waals surface area (Å²) in [6.45, 7) is 0. The number of hydrogen-bond donors (Lipinski definition) is 1. The summed E-state index contributed by atoms with van der Waals surface area (Å²) in [7, 11) is 0. The van der Waals surface area contributed by atoms with Crippen molar-refractivity contribution in [3.63, 3.8) is 0 Å². The molecule has 1 aromatic heterocycles. The summed E-state index contributed by atoms with van der Waals surface area (Å²) in [5.41, 5.74) is 2.27. The molecule has 1 aliphatic carbocycles. The molecule has 0 fully saturated rings.